The number of alkyl halides is 1. The first kappa shape index (κ1) is 11.3. The van der Waals surface area contributed by atoms with E-state index in [1.807, 2.05) is 24.3 Å². The lowest BCUT2D eigenvalue weighted by atomic mass is 10.1. The Balaban J connectivity index is 2.57. The fourth-order valence-corrected chi connectivity index (χ4v) is 1.42. The van der Waals surface area contributed by atoms with Gasteiger partial charge in [0.05, 0.1) is 13.2 Å². The van der Waals surface area contributed by atoms with E-state index in [1.54, 1.807) is 7.11 Å². The molecule has 0 saturated carbocycles. The monoisotopic (exact) mass is 214 g/mol. The fraction of sp³-hybridized carbons (Fsp3) is 0.455. The van der Waals surface area contributed by atoms with E-state index in [1.165, 1.54) is 0 Å². The average molecular weight is 215 g/mol. The quantitative estimate of drug-likeness (QED) is 0.764. The Hall–Kier alpha value is -0.730. The zero-order valence-electron chi connectivity index (χ0n) is 8.24. The van der Waals surface area contributed by atoms with Crippen LogP contribution in [0, 0.1) is 0 Å². The summed E-state index contributed by atoms with van der Waals surface area (Å²) in [5.41, 5.74) is 0.913. The van der Waals surface area contributed by atoms with Gasteiger partial charge in [-0.05, 0) is 30.5 Å². The number of ether oxygens (including phenoxy) is 1. The van der Waals surface area contributed by atoms with Gasteiger partial charge < -0.3 is 9.84 Å². The van der Waals surface area contributed by atoms with Gasteiger partial charge >= 0.3 is 0 Å². The second-order valence-electron chi connectivity index (χ2n) is 3.12. The lowest BCUT2D eigenvalue weighted by Gasteiger charge is -2.10. The molecule has 1 atom stereocenters. The van der Waals surface area contributed by atoms with Gasteiger partial charge in [0.1, 0.15) is 5.75 Å². The van der Waals surface area contributed by atoms with Crippen molar-refractivity contribution in [3.8, 4) is 5.75 Å². The molecule has 0 saturated heterocycles. The van der Waals surface area contributed by atoms with Crippen molar-refractivity contribution in [2.24, 2.45) is 0 Å². The molecular formula is C11H15ClO2. The molecule has 0 aliphatic heterocycles. The molecule has 14 heavy (non-hydrogen) atoms. The highest BCUT2D eigenvalue weighted by Gasteiger charge is 2.06. The molecule has 0 spiro atoms. The summed E-state index contributed by atoms with van der Waals surface area (Å²) in [5, 5.41) is 9.72. The Labute approximate surface area is 89.5 Å². The number of rotatable bonds is 5. The Morgan fingerprint density at radius 3 is 2.50 bits per heavy atom. The SMILES string of the molecule is COc1ccc(C(O)CCCCl)cc1. The van der Waals surface area contributed by atoms with Crippen LogP contribution < -0.4 is 4.74 Å². The summed E-state index contributed by atoms with van der Waals surface area (Å²) in [6, 6.07) is 7.44. The molecular weight excluding hydrogens is 200 g/mol. The Bertz CT molecular complexity index is 258. The number of halogens is 1. The van der Waals surface area contributed by atoms with Crippen LogP contribution in [-0.2, 0) is 0 Å². The van der Waals surface area contributed by atoms with Crippen LogP contribution in [0.4, 0.5) is 0 Å². The maximum Gasteiger partial charge on any atom is 0.118 e. The third kappa shape index (κ3) is 3.20. The van der Waals surface area contributed by atoms with E-state index in [2.05, 4.69) is 0 Å². The van der Waals surface area contributed by atoms with Crippen LogP contribution in [0.15, 0.2) is 24.3 Å². The highest BCUT2D eigenvalue weighted by molar-refractivity contribution is 6.17. The molecule has 0 fully saturated rings. The zero-order valence-corrected chi connectivity index (χ0v) is 9.00. The minimum Gasteiger partial charge on any atom is -0.497 e. The maximum atomic E-state index is 9.72. The number of benzene rings is 1. The van der Waals surface area contributed by atoms with Crippen molar-refractivity contribution in [1.29, 1.82) is 0 Å². The second kappa shape index (κ2) is 5.89. The molecule has 0 bridgehead atoms. The van der Waals surface area contributed by atoms with Crippen molar-refractivity contribution in [1.82, 2.24) is 0 Å². The van der Waals surface area contributed by atoms with Crippen LogP contribution in [0.25, 0.3) is 0 Å². The van der Waals surface area contributed by atoms with Gasteiger partial charge in [0, 0.05) is 5.88 Å². The van der Waals surface area contributed by atoms with Gasteiger partial charge in [0.2, 0.25) is 0 Å². The summed E-state index contributed by atoms with van der Waals surface area (Å²) >= 11 is 5.55. The molecule has 1 aromatic carbocycles. The van der Waals surface area contributed by atoms with Crippen molar-refractivity contribution in [2.45, 2.75) is 18.9 Å². The van der Waals surface area contributed by atoms with E-state index >= 15 is 0 Å². The van der Waals surface area contributed by atoms with Crippen LogP contribution in [0.3, 0.4) is 0 Å². The maximum absolute atomic E-state index is 9.72. The Kier molecular flexibility index (Phi) is 4.77. The van der Waals surface area contributed by atoms with E-state index in [-0.39, 0.29) is 0 Å². The summed E-state index contributed by atoms with van der Waals surface area (Å²) in [5.74, 6) is 1.39. The molecule has 2 nitrogen and oxygen atoms in total. The molecule has 0 aliphatic carbocycles. The Morgan fingerprint density at radius 2 is 2.00 bits per heavy atom. The van der Waals surface area contributed by atoms with E-state index in [0.717, 1.165) is 17.7 Å². The first-order valence-electron chi connectivity index (χ1n) is 4.66. The smallest absolute Gasteiger partial charge is 0.118 e. The minimum atomic E-state index is -0.417. The topological polar surface area (TPSA) is 29.5 Å². The van der Waals surface area contributed by atoms with Gasteiger partial charge in [-0.1, -0.05) is 12.1 Å². The van der Waals surface area contributed by atoms with Gasteiger partial charge in [0.25, 0.3) is 0 Å². The van der Waals surface area contributed by atoms with E-state index < -0.39 is 6.10 Å². The highest BCUT2D eigenvalue weighted by atomic mass is 35.5. The van der Waals surface area contributed by atoms with Crippen molar-refractivity contribution >= 4 is 11.6 Å². The Morgan fingerprint density at radius 1 is 1.36 bits per heavy atom. The summed E-state index contributed by atoms with van der Waals surface area (Å²) in [4.78, 5) is 0. The molecule has 0 radical (unpaired) electrons. The van der Waals surface area contributed by atoms with Gasteiger partial charge in [-0.25, -0.2) is 0 Å². The number of hydrogen-bond acceptors (Lipinski definition) is 2. The van der Waals surface area contributed by atoms with Gasteiger partial charge in [-0.2, -0.15) is 0 Å². The number of aliphatic hydroxyl groups is 1. The van der Waals surface area contributed by atoms with Crippen LogP contribution >= 0.6 is 11.6 Å². The van der Waals surface area contributed by atoms with Gasteiger partial charge in [-0.3, -0.25) is 0 Å². The van der Waals surface area contributed by atoms with E-state index in [4.69, 9.17) is 16.3 Å². The second-order valence-corrected chi connectivity index (χ2v) is 3.50. The third-order valence-corrected chi connectivity index (χ3v) is 2.38. The molecule has 3 heteroatoms. The number of aliphatic hydroxyl groups excluding tert-OH is 1. The molecule has 0 aliphatic rings. The highest BCUT2D eigenvalue weighted by Crippen LogP contribution is 2.21. The molecule has 1 N–H and O–H groups in total. The normalized spacial score (nSPS) is 12.5. The lowest BCUT2D eigenvalue weighted by Crippen LogP contribution is -1.97. The van der Waals surface area contributed by atoms with Crippen molar-refractivity contribution in [3.63, 3.8) is 0 Å². The van der Waals surface area contributed by atoms with Crippen molar-refractivity contribution in [2.75, 3.05) is 13.0 Å². The molecule has 1 rings (SSSR count). The van der Waals surface area contributed by atoms with E-state index in [0.29, 0.717) is 12.3 Å². The first-order chi connectivity index (χ1) is 6.77. The fourth-order valence-electron chi connectivity index (χ4n) is 1.26. The predicted octanol–water partition coefficient (Wildman–Crippen LogP) is 2.75. The lowest BCUT2D eigenvalue weighted by molar-refractivity contribution is 0.166. The molecule has 0 amide bonds. The number of hydrogen-bond donors (Lipinski definition) is 1. The number of methoxy groups -OCH3 is 1. The first-order valence-corrected chi connectivity index (χ1v) is 5.19. The molecule has 1 unspecified atom stereocenters. The zero-order chi connectivity index (χ0) is 10.4. The van der Waals surface area contributed by atoms with Gasteiger partial charge in [0.15, 0.2) is 0 Å². The van der Waals surface area contributed by atoms with Crippen LogP contribution in [-0.4, -0.2) is 18.1 Å². The standard InChI is InChI=1S/C11H15ClO2/c1-14-10-6-4-9(5-7-10)11(13)3-2-8-12/h4-7,11,13H,2-3,8H2,1H3. The van der Waals surface area contributed by atoms with Gasteiger partial charge in [-0.15, -0.1) is 11.6 Å². The molecule has 0 aromatic heterocycles. The molecule has 1 aromatic rings. The molecule has 78 valence electrons. The van der Waals surface area contributed by atoms with E-state index in [9.17, 15) is 5.11 Å². The van der Waals surface area contributed by atoms with Crippen molar-refractivity contribution in [3.05, 3.63) is 29.8 Å². The average Bonchev–Trinajstić information content (AvgIpc) is 2.26. The summed E-state index contributed by atoms with van der Waals surface area (Å²) in [6.07, 6.45) is 1.12. The van der Waals surface area contributed by atoms with Crippen LogP contribution in [0.1, 0.15) is 24.5 Å². The molecule has 0 heterocycles. The largest absolute Gasteiger partial charge is 0.497 e. The third-order valence-electron chi connectivity index (χ3n) is 2.11. The minimum absolute atomic E-state index is 0.417. The predicted molar refractivity (Wildman–Crippen MR) is 57.9 cm³/mol. The summed E-state index contributed by atoms with van der Waals surface area (Å²) < 4.78 is 5.03. The summed E-state index contributed by atoms with van der Waals surface area (Å²) in [7, 11) is 1.62. The van der Waals surface area contributed by atoms with Crippen LogP contribution in [0.2, 0.25) is 0 Å². The summed E-state index contributed by atoms with van der Waals surface area (Å²) in [6.45, 7) is 0. The van der Waals surface area contributed by atoms with Crippen molar-refractivity contribution < 1.29 is 9.84 Å². The van der Waals surface area contributed by atoms with Crippen LogP contribution in [0.5, 0.6) is 5.75 Å².